The van der Waals surface area contributed by atoms with Gasteiger partial charge in [-0.3, -0.25) is 0 Å². The average molecular weight is 531 g/mol. The Morgan fingerprint density at radius 1 is 1.06 bits per heavy atom. The number of hydrogen-bond donors (Lipinski definition) is 1. The monoisotopic (exact) mass is 530 g/mol. The zero-order chi connectivity index (χ0) is 25.7. The molecule has 2 N–H and O–H groups in total. The molecule has 0 bridgehead atoms. The Hall–Kier alpha value is -2.80. The number of benzene rings is 3. The molecular formula is C28H29Cl2FN2O3. The van der Waals surface area contributed by atoms with Gasteiger partial charge >= 0.3 is 0 Å². The van der Waals surface area contributed by atoms with Crippen LogP contribution in [0.15, 0.2) is 54.6 Å². The van der Waals surface area contributed by atoms with Gasteiger partial charge in [0.25, 0.3) is 0 Å². The highest BCUT2D eigenvalue weighted by Gasteiger charge is 2.28. The van der Waals surface area contributed by atoms with E-state index in [2.05, 4.69) is 0 Å². The molecule has 0 fully saturated rings. The molecule has 1 heterocycles. The van der Waals surface area contributed by atoms with Crippen LogP contribution in [-0.2, 0) is 17.6 Å². The van der Waals surface area contributed by atoms with E-state index in [-0.39, 0.29) is 12.4 Å². The molecule has 2 unspecified atom stereocenters. The maximum Gasteiger partial charge on any atom is 0.156 e. The van der Waals surface area contributed by atoms with Crippen LogP contribution in [0.25, 0.3) is 0 Å². The molecule has 190 valence electrons. The summed E-state index contributed by atoms with van der Waals surface area (Å²) in [6, 6.07) is 15.9. The van der Waals surface area contributed by atoms with Crippen LogP contribution >= 0.6 is 23.2 Å². The smallest absolute Gasteiger partial charge is 0.156 e. The van der Waals surface area contributed by atoms with Gasteiger partial charge in [-0.15, -0.1) is 0 Å². The first-order chi connectivity index (χ1) is 17.4. The number of aryl methyl sites for hydroxylation is 2. The summed E-state index contributed by atoms with van der Waals surface area (Å²) in [5.74, 6) is 0.459. The largest absolute Gasteiger partial charge is 0.490 e. The Bertz CT molecular complexity index is 1180. The van der Waals surface area contributed by atoms with Gasteiger partial charge in [0.2, 0.25) is 0 Å². The van der Waals surface area contributed by atoms with E-state index < -0.39 is 12.1 Å². The van der Waals surface area contributed by atoms with Crippen molar-refractivity contribution < 1.29 is 18.7 Å². The van der Waals surface area contributed by atoms with Gasteiger partial charge in [0.05, 0.1) is 22.1 Å². The molecule has 3 aromatic rings. The highest BCUT2D eigenvalue weighted by Crippen LogP contribution is 2.34. The maximum atomic E-state index is 13.7. The highest BCUT2D eigenvalue weighted by molar-refractivity contribution is 6.37. The Morgan fingerprint density at radius 2 is 1.75 bits per heavy atom. The molecule has 1 aliphatic heterocycles. The van der Waals surface area contributed by atoms with E-state index in [1.807, 2.05) is 36.1 Å². The minimum atomic E-state index is -0.500. The number of aldehydes is 1. The van der Waals surface area contributed by atoms with Crippen molar-refractivity contribution in [1.29, 1.82) is 0 Å². The Morgan fingerprint density at radius 3 is 2.44 bits per heavy atom. The van der Waals surface area contributed by atoms with Gasteiger partial charge in [-0.1, -0.05) is 35.3 Å². The Balaban J connectivity index is 1.31. The number of fused-ring (bicyclic) bond motifs is 1. The van der Waals surface area contributed by atoms with Crippen molar-refractivity contribution in [2.24, 2.45) is 11.7 Å². The molecule has 8 heteroatoms. The summed E-state index contributed by atoms with van der Waals surface area (Å²) in [5.41, 5.74) is 10.3. The molecule has 3 aromatic carbocycles. The lowest BCUT2D eigenvalue weighted by Gasteiger charge is -2.38. The van der Waals surface area contributed by atoms with Gasteiger partial charge < -0.3 is 24.9 Å². The molecule has 1 aliphatic rings. The number of rotatable bonds is 10. The normalized spacial score (nSPS) is 14.6. The highest BCUT2D eigenvalue weighted by atomic mass is 35.5. The lowest BCUT2D eigenvalue weighted by atomic mass is 9.94. The standard InChI is InChI=1S/C28H29Cl2FN2O3/c1-18-13-24(29)27(25(30)14-18)36-12-11-35-23-7-4-19(5-8-23)15-21(17-34)28(32)33-10-2-3-20-16-22(31)6-9-26(20)33/h4-9,13-14,16-17,21,28H,2-3,10-12,15,32H2,1H3. The summed E-state index contributed by atoms with van der Waals surface area (Å²) in [6.07, 6.45) is 2.57. The molecule has 0 amide bonds. The van der Waals surface area contributed by atoms with Crippen LogP contribution in [0.1, 0.15) is 23.1 Å². The van der Waals surface area contributed by atoms with Crippen molar-refractivity contribution in [1.82, 2.24) is 0 Å². The van der Waals surface area contributed by atoms with E-state index in [1.165, 1.54) is 6.07 Å². The summed E-state index contributed by atoms with van der Waals surface area (Å²) in [7, 11) is 0. The summed E-state index contributed by atoms with van der Waals surface area (Å²) in [5, 5.41) is 0.931. The van der Waals surface area contributed by atoms with Crippen LogP contribution in [0.5, 0.6) is 11.5 Å². The van der Waals surface area contributed by atoms with Crippen molar-refractivity contribution in [2.45, 2.75) is 32.4 Å². The van der Waals surface area contributed by atoms with Crippen molar-refractivity contribution >= 4 is 35.2 Å². The Kier molecular flexibility index (Phi) is 8.72. The van der Waals surface area contributed by atoms with E-state index in [1.54, 1.807) is 24.3 Å². The molecule has 0 radical (unpaired) electrons. The number of nitrogens with two attached hydrogens (primary N) is 1. The minimum Gasteiger partial charge on any atom is -0.490 e. The molecule has 0 aliphatic carbocycles. The quantitative estimate of drug-likeness (QED) is 0.257. The van der Waals surface area contributed by atoms with E-state index in [4.69, 9.17) is 38.4 Å². The topological polar surface area (TPSA) is 64.8 Å². The van der Waals surface area contributed by atoms with Gasteiger partial charge in [-0.05, 0) is 85.3 Å². The summed E-state index contributed by atoms with van der Waals surface area (Å²) in [6.45, 7) is 3.25. The van der Waals surface area contributed by atoms with Crippen LogP contribution < -0.4 is 20.1 Å². The zero-order valence-electron chi connectivity index (χ0n) is 20.1. The van der Waals surface area contributed by atoms with Crippen molar-refractivity contribution in [2.75, 3.05) is 24.7 Å². The van der Waals surface area contributed by atoms with Crippen LogP contribution in [0.4, 0.5) is 10.1 Å². The first-order valence-electron chi connectivity index (χ1n) is 11.9. The van der Waals surface area contributed by atoms with Crippen LogP contribution in [0.2, 0.25) is 10.0 Å². The van der Waals surface area contributed by atoms with Crippen molar-refractivity contribution in [3.8, 4) is 11.5 Å². The minimum absolute atomic E-state index is 0.257. The van der Waals surface area contributed by atoms with Gasteiger partial charge in [0.15, 0.2) is 5.75 Å². The fourth-order valence-electron chi connectivity index (χ4n) is 4.51. The average Bonchev–Trinajstić information content (AvgIpc) is 2.86. The fourth-order valence-corrected chi connectivity index (χ4v) is 5.21. The van der Waals surface area contributed by atoms with Crippen LogP contribution in [-0.4, -0.2) is 32.2 Å². The van der Waals surface area contributed by atoms with Crippen molar-refractivity contribution in [3.05, 3.63) is 87.2 Å². The third-order valence-corrected chi connectivity index (χ3v) is 6.87. The zero-order valence-corrected chi connectivity index (χ0v) is 21.6. The maximum absolute atomic E-state index is 13.7. The molecule has 4 rings (SSSR count). The van der Waals surface area contributed by atoms with Gasteiger partial charge in [0.1, 0.15) is 31.1 Å². The van der Waals surface area contributed by atoms with Crippen LogP contribution in [0.3, 0.4) is 0 Å². The number of ether oxygens (including phenoxy) is 2. The molecule has 0 aromatic heterocycles. The summed E-state index contributed by atoms with van der Waals surface area (Å²) >= 11 is 12.4. The second-order valence-electron chi connectivity index (χ2n) is 8.96. The predicted molar refractivity (Wildman–Crippen MR) is 142 cm³/mol. The molecular weight excluding hydrogens is 502 g/mol. The van der Waals surface area contributed by atoms with E-state index in [9.17, 15) is 9.18 Å². The first kappa shape index (κ1) is 26.3. The lowest BCUT2D eigenvalue weighted by Crippen LogP contribution is -2.50. The molecule has 2 atom stereocenters. The first-order valence-corrected chi connectivity index (χ1v) is 12.7. The van der Waals surface area contributed by atoms with Crippen LogP contribution in [0, 0.1) is 18.7 Å². The second-order valence-corrected chi connectivity index (χ2v) is 9.78. The van der Waals surface area contributed by atoms with E-state index in [0.717, 1.165) is 48.1 Å². The summed E-state index contributed by atoms with van der Waals surface area (Å²) < 4.78 is 25.1. The molecule has 0 spiro atoms. The molecule has 0 saturated carbocycles. The van der Waals surface area contributed by atoms with E-state index in [0.29, 0.717) is 34.6 Å². The summed E-state index contributed by atoms with van der Waals surface area (Å²) in [4.78, 5) is 14.0. The van der Waals surface area contributed by atoms with Gasteiger partial charge in [0, 0.05) is 12.2 Å². The van der Waals surface area contributed by atoms with E-state index >= 15 is 0 Å². The number of anilines is 1. The number of hydrogen-bond acceptors (Lipinski definition) is 5. The number of carbonyl (C=O) groups is 1. The van der Waals surface area contributed by atoms with Gasteiger partial charge in [-0.2, -0.15) is 0 Å². The number of nitrogens with zero attached hydrogens (tertiary/aromatic N) is 1. The number of halogens is 3. The molecule has 5 nitrogen and oxygen atoms in total. The van der Waals surface area contributed by atoms with Gasteiger partial charge in [-0.25, -0.2) is 4.39 Å². The fraction of sp³-hybridized carbons (Fsp3) is 0.321. The predicted octanol–water partition coefficient (Wildman–Crippen LogP) is 5.99. The number of carbonyl (C=O) groups excluding carboxylic acids is 1. The molecule has 0 saturated heterocycles. The SMILES string of the molecule is Cc1cc(Cl)c(OCCOc2ccc(CC(C=O)C(N)N3CCCc4cc(F)ccc43)cc2)c(Cl)c1. The third kappa shape index (κ3) is 6.30. The second kappa shape index (κ2) is 12.0. The Labute approximate surface area is 220 Å². The van der Waals surface area contributed by atoms with Crippen molar-refractivity contribution in [3.63, 3.8) is 0 Å². The molecule has 36 heavy (non-hydrogen) atoms. The lowest BCUT2D eigenvalue weighted by molar-refractivity contribution is -0.111. The third-order valence-electron chi connectivity index (χ3n) is 6.31.